The third kappa shape index (κ3) is 4.49. The highest BCUT2D eigenvalue weighted by atomic mass is 16.5. The van der Waals surface area contributed by atoms with E-state index in [2.05, 4.69) is 36.2 Å². The fourth-order valence-corrected chi connectivity index (χ4v) is 3.91. The van der Waals surface area contributed by atoms with E-state index in [1.54, 1.807) is 23.2 Å². The van der Waals surface area contributed by atoms with Crippen LogP contribution in [-0.4, -0.2) is 47.0 Å². The Morgan fingerprint density at radius 2 is 1.90 bits per heavy atom. The summed E-state index contributed by atoms with van der Waals surface area (Å²) in [6, 6.07) is 19.7. The molecule has 0 bridgehead atoms. The number of carbonyl (C=O) groups excluding carboxylic acids is 2. The highest BCUT2D eigenvalue weighted by Crippen LogP contribution is 2.27. The lowest BCUT2D eigenvalue weighted by Crippen LogP contribution is -2.61. The molecule has 1 aromatic heterocycles. The van der Waals surface area contributed by atoms with Gasteiger partial charge in [0.2, 0.25) is 0 Å². The second kappa shape index (κ2) is 8.70. The Morgan fingerprint density at radius 1 is 1.10 bits per heavy atom. The van der Waals surface area contributed by atoms with Gasteiger partial charge in [-0.25, -0.2) is 0 Å². The first-order chi connectivity index (χ1) is 15.0. The van der Waals surface area contributed by atoms with Crippen molar-refractivity contribution in [2.24, 2.45) is 5.73 Å². The summed E-state index contributed by atoms with van der Waals surface area (Å²) >= 11 is 0. The molecule has 0 spiro atoms. The summed E-state index contributed by atoms with van der Waals surface area (Å²) in [5, 5.41) is 0. The number of hydrogen-bond acceptors (Lipinski definition) is 4. The molecule has 0 radical (unpaired) electrons. The Morgan fingerprint density at radius 3 is 2.61 bits per heavy atom. The maximum atomic E-state index is 12.9. The second-order valence-electron chi connectivity index (χ2n) is 7.92. The van der Waals surface area contributed by atoms with Crippen molar-refractivity contribution in [3.63, 3.8) is 0 Å². The first-order valence-corrected chi connectivity index (χ1v) is 10.3. The van der Waals surface area contributed by atoms with E-state index in [0.29, 0.717) is 18.5 Å². The number of carbonyl (C=O) groups is 2. The molecule has 6 heteroatoms. The molecule has 2 N–H and O–H groups in total. The number of benzene rings is 2. The summed E-state index contributed by atoms with van der Waals surface area (Å²) in [7, 11) is 0. The van der Waals surface area contributed by atoms with Gasteiger partial charge in [-0.05, 0) is 35.7 Å². The number of nitrogens with zero attached hydrogens (tertiary/aromatic N) is 2. The third-order valence-corrected chi connectivity index (χ3v) is 5.63. The van der Waals surface area contributed by atoms with Crippen molar-refractivity contribution in [1.29, 1.82) is 0 Å². The average molecular weight is 415 g/mol. The smallest absolute Gasteiger partial charge is 0.255 e. The van der Waals surface area contributed by atoms with Gasteiger partial charge >= 0.3 is 0 Å². The number of hydrogen-bond donors (Lipinski definition) is 1. The molecule has 1 aliphatic heterocycles. The van der Waals surface area contributed by atoms with Crippen molar-refractivity contribution in [2.75, 3.05) is 19.7 Å². The summed E-state index contributed by atoms with van der Waals surface area (Å²) in [5.41, 5.74) is 9.27. The van der Waals surface area contributed by atoms with Crippen LogP contribution in [0, 0.1) is 6.92 Å². The molecule has 2 aromatic carbocycles. The van der Waals surface area contributed by atoms with Gasteiger partial charge in [-0.3, -0.25) is 14.6 Å². The van der Waals surface area contributed by atoms with E-state index in [0.717, 1.165) is 16.7 Å². The maximum absolute atomic E-state index is 12.9. The molecular weight excluding hydrogens is 390 g/mol. The number of primary amides is 1. The summed E-state index contributed by atoms with van der Waals surface area (Å²) in [6.45, 7) is 2.79. The van der Waals surface area contributed by atoms with Crippen LogP contribution in [0.2, 0.25) is 0 Å². The normalized spacial score (nSPS) is 18.5. The average Bonchev–Trinajstić information content (AvgIpc) is 2.80. The van der Waals surface area contributed by atoms with Gasteiger partial charge in [0.15, 0.2) is 5.60 Å². The van der Waals surface area contributed by atoms with E-state index in [1.807, 2.05) is 24.3 Å². The Hall–Kier alpha value is -3.51. The fraction of sp³-hybridized carbons (Fsp3) is 0.240. The molecule has 4 rings (SSSR count). The highest BCUT2D eigenvalue weighted by Gasteiger charge is 2.44. The molecule has 31 heavy (non-hydrogen) atoms. The van der Waals surface area contributed by atoms with Gasteiger partial charge in [-0.2, -0.15) is 0 Å². The van der Waals surface area contributed by atoms with Gasteiger partial charge in [-0.1, -0.05) is 54.1 Å². The van der Waals surface area contributed by atoms with Gasteiger partial charge in [0.25, 0.3) is 11.8 Å². The van der Waals surface area contributed by atoms with Gasteiger partial charge in [0.1, 0.15) is 0 Å². The molecule has 1 saturated heterocycles. The topological polar surface area (TPSA) is 85.5 Å². The quantitative estimate of drug-likeness (QED) is 0.694. The van der Waals surface area contributed by atoms with Crippen LogP contribution in [0.3, 0.4) is 0 Å². The SMILES string of the molecule is Cc1ccc(-c2cccc(CC3(C(N)=O)CN(C(=O)c4cccnc4)CCO3)c2)cc1. The minimum atomic E-state index is -1.28. The van der Waals surface area contributed by atoms with Crippen molar-refractivity contribution in [1.82, 2.24) is 9.88 Å². The first-order valence-electron chi connectivity index (χ1n) is 10.3. The molecular formula is C25H25N3O3. The zero-order chi connectivity index (χ0) is 21.8. The number of pyridine rings is 1. The molecule has 0 aliphatic carbocycles. The lowest BCUT2D eigenvalue weighted by atomic mass is 9.90. The summed E-state index contributed by atoms with van der Waals surface area (Å²) in [4.78, 5) is 31.1. The number of ether oxygens (including phenoxy) is 1. The number of rotatable bonds is 5. The third-order valence-electron chi connectivity index (χ3n) is 5.63. The van der Waals surface area contributed by atoms with Gasteiger partial charge in [-0.15, -0.1) is 0 Å². The van der Waals surface area contributed by atoms with E-state index < -0.39 is 11.5 Å². The Bertz CT molecular complexity index is 1080. The molecule has 1 aliphatic rings. The monoisotopic (exact) mass is 415 g/mol. The summed E-state index contributed by atoms with van der Waals surface area (Å²) in [5.74, 6) is -0.757. The lowest BCUT2D eigenvalue weighted by molar-refractivity contribution is -0.153. The molecule has 0 saturated carbocycles. The molecule has 6 nitrogen and oxygen atoms in total. The summed E-state index contributed by atoms with van der Waals surface area (Å²) < 4.78 is 5.92. The number of morpholine rings is 1. The van der Waals surface area contributed by atoms with Crippen LogP contribution in [0.5, 0.6) is 0 Å². The van der Waals surface area contributed by atoms with E-state index in [-0.39, 0.29) is 19.1 Å². The Labute approximate surface area is 181 Å². The Balaban J connectivity index is 1.59. The van der Waals surface area contributed by atoms with Crippen LogP contribution in [0.1, 0.15) is 21.5 Å². The lowest BCUT2D eigenvalue weighted by Gasteiger charge is -2.40. The van der Waals surface area contributed by atoms with Crippen LogP contribution in [-0.2, 0) is 16.0 Å². The fourth-order valence-electron chi connectivity index (χ4n) is 3.91. The molecule has 2 heterocycles. The molecule has 1 unspecified atom stereocenters. The van der Waals surface area contributed by atoms with Crippen LogP contribution in [0.25, 0.3) is 11.1 Å². The van der Waals surface area contributed by atoms with Crippen LogP contribution < -0.4 is 5.73 Å². The van der Waals surface area contributed by atoms with Crippen molar-refractivity contribution in [2.45, 2.75) is 18.9 Å². The second-order valence-corrected chi connectivity index (χ2v) is 7.92. The Kier molecular flexibility index (Phi) is 5.82. The minimum absolute atomic E-state index is 0.102. The maximum Gasteiger partial charge on any atom is 0.255 e. The van der Waals surface area contributed by atoms with Crippen molar-refractivity contribution in [3.8, 4) is 11.1 Å². The largest absolute Gasteiger partial charge is 0.367 e. The van der Waals surface area contributed by atoms with E-state index in [4.69, 9.17) is 10.5 Å². The zero-order valence-corrected chi connectivity index (χ0v) is 17.5. The number of amides is 2. The van der Waals surface area contributed by atoms with Gasteiger partial charge in [0.05, 0.1) is 18.7 Å². The van der Waals surface area contributed by atoms with Crippen LogP contribution in [0.15, 0.2) is 73.1 Å². The van der Waals surface area contributed by atoms with E-state index >= 15 is 0 Å². The van der Waals surface area contributed by atoms with Crippen LogP contribution in [0.4, 0.5) is 0 Å². The number of nitrogens with two attached hydrogens (primary N) is 1. The van der Waals surface area contributed by atoms with Gasteiger partial charge in [0, 0.05) is 25.4 Å². The van der Waals surface area contributed by atoms with Crippen molar-refractivity contribution in [3.05, 3.63) is 89.7 Å². The highest BCUT2D eigenvalue weighted by molar-refractivity contribution is 5.95. The van der Waals surface area contributed by atoms with E-state index in [1.165, 1.54) is 11.8 Å². The van der Waals surface area contributed by atoms with Crippen molar-refractivity contribution >= 4 is 11.8 Å². The standard InChI is InChI=1S/C25H25N3O3/c1-18-7-9-20(10-8-18)21-5-2-4-19(14-21)15-25(24(26)30)17-28(12-13-31-25)23(29)22-6-3-11-27-16-22/h2-11,14,16H,12-13,15,17H2,1H3,(H2,26,30). The molecule has 1 atom stereocenters. The minimum Gasteiger partial charge on any atom is -0.367 e. The predicted molar refractivity (Wildman–Crippen MR) is 118 cm³/mol. The van der Waals surface area contributed by atoms with Crippen molar-refractivity contribution < 1.29 is 14.3 Å². The van der Waals surface area contributed by atoms with E-state index in [9.17, 15) is 9.59 Å². The summed E-state index contributed by atoms with van der Waals surface area (Å²) in [6.07, 6.45) is 3.43. The molecule has 3 aromatic rings. The molecule has 158 valence electrons. The van der Waals surface area contributed by atoms with Crippen LogP contribution >= 0.6 is 0 Å². The zero-order valence-electron chi connectivity index (χ0n) is 17.5. The molecule has 1 fully saturated rings. The predicted octanol–water partition coefficient (Wildman–Crippen LogP) is 3.00. The number of aryl methyl sites for hydroxylation is 1. The first kappa shape index (κ1) is 20.8. The van der Waals surface area contributed by atoms with Gasteiger partial charge < -0.3 is 15.4 Å². The molecule has 2 amide bonds. The number of aromatic nitrogens is 1.